The second-order valence-electron chi connectivity index (χ2n) is 2.48. The summed E-state index contributed by atoms with van der Waals surface area (Å²) in [5.74, 6) is -5.02. The number of carboxylic acid groups (broad SMARTS) is 3. The monoisotopic (exact) mass is 542 g/mol. The molecule has 0 spiro atoms. The zero-order valence-corrected chi connectivity index (χ0v) is 16.3. The Labute approximate surface area is 138 Å². The predicted molar refractivity (Wildman–Crippen MR) is 45.6 cm³/mol. The van der Waals surface area contributed by atoms with Gasteiger partial charge in [-0.1, -0.05) is 0 Å². The number of carboxylic acids is 3. The Kier molecular flexibility index (Phi) is 12.3. The molecule has 7 nitrogen and oxygen atoms in total. The molecule has 0 unspecified atom stereocenters. The number of hydrogen-bond donors (Lipinski definition) is 4. The summed E-state index contributed by atoms with van der Waals surface area (Å²) in [5.41, 5.74) is -2.74. The molecule has 0 saturated heterocycles. The van der Waals surface area contributed by atoms with Crippen molar-refractivity contribution in [1.29, 1.82) is 0 Å². The molecule has 0 bridgehead atoms. The summed E-state index contributed by atoms with van der Waals surface area (Å²) in [5, 5.41) is 33.8. The molecule has 0 aliphatic rings. The van der Waals surface area contributed by atoms with Crippen LogP contribution < -0.4 is 0 Å². The Morgan fingerprint density at radius 2 is 1.20 bits per heavy atom. The molecule has 0 rings (SSSR count). The van der Waals surface area contributed by atoms with Crippen LogP contribution in [0.4, 0.5) is 0 Å². The molecule has 2 radical (unpaired) electrons. The normalized spacial score (nSPS) is 9.40. The van der Waals surface area contributed by atoms with Gasteiger partial charge in [0.25, 0.3) is 0 Å². The van der Waals surface area contributed by atoms with Gasteiger partial charge in [0.15, 0.2) is 5.60 Å². The van der Waals surface area contributed by atoms with Gasteiger partial charge in [-0.25, -0.2) is 4.79 Å². The first-order valence-corrected chi connectivity index (χ1v) is 3.17. The van der Waals surface area contributed by atoms with E-state index in [1.807, 2.05) is 0 Å². The Balaban J connectivity index is -0.000000720. The molecule has 0 aliphatic carbocycles. The Morgan fingerprint density at radius 1 is 0.933 bits per heavy atom. The quantitative estimate of drug-likeness (QED) is 0.292. The van der Waals surface area contributed by atoms with E-state index >= 15 is 0 Å². The summed E-state index contributed by atoms with van der Waals surface area (Å²) in [4.78, 5) is 30.5. The van der Waals surface area contributed by atoms with Crippen LogP contribution in [0.2, 0.25) is 0 Å². The second kappa shape index (κ2) is 8.78. The summed E-state index contributed by atoms with van der Waals surface area (Å²) in [6.45, 7) is 0. The van der Waals surface area contributed by atoms with Crippen LogP contribution in [0.3, 0.4) is 0 Å². The van der Waals surface area contributed by atoms with Gasteiger partial charge in [0.1, 0.15) is 0 Å². The summed E-state index contributed by atoms with van der Waals surface area (Å²) in [7, 11) is 0. The van der Waals surface area contributed by atoms with Crippen LogP contribution in [0.15, 0.2) is 0 Å². The second-order valence-corrected chi connectivity index (χ2v) is 2.48. The van der Waals surface area contributed by atoms with Crippen molar-refractivity contribution in [2.45, 2.75) is 18.4 Å². The van der Waals surface area contributed by atoms with E-state index in [1.165, 1.54) is 0 Å². The first kappa shape index (κ1) is 21.0. The van der Waals surface area contributed by atoms with Gasteiger partial charge in [0.2, 0.25) is 0 Å². The molecule has 0 heterocycles. The zero-order chi connectivity index (χ0) is 10.6. The van der Waals surface area contributed by atoms with Crippen LogP contribution in [-0.4, -0.2) is 71.2 Å². The standard InChI is InChI=1S/C6H8O7.Ce.Pb.2H/c7-3(8)1-6(13,5(11)12)2-4(9)10;;;;/h13H,1-2H2,(H,7,8)(H,9,10)(H,11,12);;;;. The van der Waals surface area contributed by atoms with E-state index in [0.717, 1.165) is 0 Å². The van der Waals surface area contributed by atoms with Crippen LogP contribution in [0.5, 0.6) is 0 Å². The molecule has 0 saturated carbocycles. The summed E-state index contributed by atoms with van der Waals surface area (Å²) in [6, 6.07) is 0. The van der Waals surface area contributed by atoms with E-state index in [2.05, 4.69) is 0 Å². The molecule has 0 aromatic heterocycles. The molecule has 0 aromatic carbocycles. The maximum absolute atomic E-state index is 10.3. The van der Waals surface area contributed by atoms with Crippen molar-refractivity contribution < 1.29 is 76.6 Å². The first-order chi connectivity index (χ1) is 5.78. The van der Waals surface area contributed by atoms with Crippen molar-refractivity contribution in [2.75, 3.05) is 0 Å². The van der Waals surface area contributed by atoms with Crippen molar-refractivity contribution in [3.63, 3.8) is 0 Å². The molecule has 0 aliphatic heterocycles. The van der Waals surface area contributed by atoms with Crippen LogP contribution in [0, 0.1) is 41.7 Å². The molecule has 0 aromatic rings. The van der Waals surface area contributed by atoms with Gasteiger partial charge in [-0.05, 0) is 0 Å². The number of aliphatic hydroxyl groups is 1. The molecule has 0 fully saturated rings. The first-order valence-electron chi connectivity index (χ1n) is 3.17. The number of rotatable bonds is 5. The topological polar surface area (TPSA) is 132 Å². The average molecular weight is 541 g/mol. The van der Waals surface area contributed by atoms with E-state index in [4.69, 9.17) is 20.4 Å². The molecule has 84 valence electrons. The fraction of sp³-hybridized carbons (Fsp3) is 0.500. The van der Waals surface area contributed by atoms with E-state index in [9.17, 15) is 14.4 Å². The third-order valence-corrected chi connectivity index (χ3v) is 1.29. The zero-order valence-electron chi connectivity index (χ0n) is 7.63. The summed E-state index contributed by atoms with van der Waals surface area (Å²) < 4.78 is 0. The average Bonchev–Trinajstić information content (AvgIpc) is 1.82. The summed E-state index contributed by atoms with van der Waals surface area (Å²) in [6.07, 6.45) is -2.29. The van der Waals surface area contributed by atoms with Crippen molar-refractivity contribution >= 4 is 45.2 Å². The fourth-order valence-electron chi connectivity index (χ4n) is 0.714. The minimum absolute atomic E-state index is 0. The number of aliphatic carboxylic acids is 3. The van der Waals surface area contributed by atoms with Gasteiger partial charge >= 0.3 is 45.2 Å². The number of hydrogen-bond acceptors (Lipinski definition) is 4. The van der Waals surface area contributed by atoms with Gasteiger partial charge in [0, 0.05) is 41.7 Å². The molecule has 0 amide bonds. The summed E-state index contributed by atoms with van der Waals surface area (Å²) >= 11 is 0. The number of carbonyl (C=O) groups is 3. The van der Waals surface area contributed by atoms with Crippen LogP contribution in [-0.2, 0) is 14.4 Å². The molecule has 15 heavy (non-hydrogen) atoms. The molecular weight excluding hydrogens is 531 g/mol. The SMILES string of the molecule is O=C(O)CC(O)(CC(=O)O)C(=O)O.[Ce].[PbH2]. The van der Waals surface area contributed by atoms with Crippen LogP contribution in [0.25, 0.3) is 0 Å². The van der Waals surface area contributed by atoms with Crippen molar-refractivity contribution in [1.82, 2.24) is 0 Å². The minimum atomic E-state index is -2.74. The molecule has 9 heteroatoms. The van der Waals surface area contributed by atoms with Crippen molar-refractivity contribution in [2.24, 2.45) is 0 Å². The van der Waals surface area contributed by atoms with Gasteiger partial charge in [-0.2, -0.15) is 0 Å². The third kappa shape index (κ3) is 8.47. The van der Waals surface area contributed by atoms with Crippen LogP contribution >= 0.6 is 0 Å². The molecular formula is C6H10CeO7Pb. The van der Waals surface area contributed by atoms with Crippen molar-refractivity contribution in [3.8, 4) is 0 Å². The van der Waals surface area contributed by atoms with E-state index in [0.29, 0.717) is 0 Å². The van der Waals surface area contributed by atoms with E-state index in [1.54, 1.807) is 0 Å². The Bertz CT molecular complexity index is 238. The maximum atomic E-state index is 10.3. The van der Waals surface area contributed by atoms with Gasteiger partial charge in [-0.15, -0.1) is 0 Å². The Morgan fingerprint density at radius 3 is 1.33 bits per heavy atom. The van der Waals surface area contributed by atoms with E-state index in [-0.39, 0.29) is 69.0 Å². The van der Waals surface area contributed by atoms with E-state index < -0.39 is 36.4 Å². The predicted octanol–water partition coefficient (Wildman–Crippen LogP) is -2.16. The van der Waals surface area contributed by atoms with Gasteiger partial charge in [-0.3, -0.25) is 9.59 Å². The van der Waals surface area contributed by atoms with Crippen LogP contribution in [0.1, 0.15) is 12.8 Å². The third-order valence-electron chi connectivity index (χ3n) is 1.29. The molecule has 4 N–H and O–H groups in total. The fourth-order valence-corrected chi connectivity index (χ4v) is 0.714. The van der Waals surface area contributed by atoms with Gasteiger partial charge < -0.3 is 20.4 Å². The van der Waals surface area contributed by atoms with Gasteiger partial charge in [0.05, 0.1) is 12.8 Å². The molecule has 0 atom stereocenters. The van der Waals surface area contributed by atoms with Crippen molar-refractivity contribution in [3.05, 3.63) is 0 Å². The Hall–Kier alpha value is 0.669.